The van der Waals surface area contributed by atoms with E-state index in [1.807, 2.05) is 54.7 Å². The Morgan fingerprint density at radius 3 is 2.51 bits per heavy atom. The van der Waals surface area contributed by atoms with Crippen molar-refractivity contribution < 1.29 is 14.0 Å². The number of carbonyl (C=O) groups is 2. The molecular weight excluding hydrogens is 445 g/mol. The summed E-state index contributed by atoms with van der Waals surface area (Å²) >= 11 is 0. The molecular formula is C27H28FN5O2. The van der Waals surface area contributed by atoms with Gasteiger partial charge in [0.15, 0.2) is 0 Å². The van der Waals surface area contributed by atoms with E-state index in [9.17, 15) is 14.0 Å². The molecule has 2 aromatic heterocycles. The molecule has 0 saturated carbocycles. The van der Waals surface area contributed by atoms with Crippen molar-refractivity contribution in [1.82, 2.24) is 14.9 Å². The number of carbonyl (C=O) groups excluding carboxylic acids is 2. The lowest BCUT2D eigenvalue weighted by Crippen LogP contribution is -2.36. The van der Waals surface area contributed by atoms with Crippen molar-refractivity contribution in [2.45, 2.75) is 39.0 Å². The van der Waals surface area contributed by atoms with Gasteiger partial charge in [0.2, 0.25) is 0 Å². The van der Waals surface area contributed by atoms with Crippen LogP contribution in [0.15, 0.2) is 73.1 Å². The molecule has 35 heavy (non-hydrogen) atoms. The summed E-state index contributed by atoms with van der Waals surface area (Å²) in [7, 11) is 0. The van der Waals surface area contributed by atoms with Gasteiger partial charge in [-0.05, 0) is 56.2 Å². The second-order valence-electron chi connectivity index (χ2n) is 9.04. The molecule has 180 valence electrons. The number of benzene rings is 2. The lowest BCUT2D eigenvalue weighted by Gasteiger charge is -2.26. The van der Waals surface area contributed by atoms with Gasteiger partial charge in [-0.2, -0.15) is 5.10 Å². The number of nitrogens with one attached hydrogen (secondary N) is 2. The van der Waals surface area contributed by atoms with Gasteiger partial charge in [-0.3, -0.25) is 9.59 Å². The normalized spacial score (nSPS) is 12.3. The molecule has 2 heterocycles. The first-order valence-corrected chi connectivity index (χ1v) is 11.3. The van der Waals surface area contributed by atoms with Crippen LogP contribution in [0.25, 0.3) is 16.6 Å². The summed E-state index contributed by atoms with van der Waals surface area (Å²) in [5.41, 5.74) is 8.57. The summed E-state index contributed by atoms with van der Waals surface area (Å²) < 4.78 is 16.2. The lowest BCUT2D eigenvalue weighted by atomic mass is 10.0. The topological polar surface area (TPSA) is 102 Å². The number of hydrogen-bond donors (Lipinski definition) is 3. The summed E-state index contributed by atoms with van der Waals surface area (Å²) in [4.78, 5) is 24.4. The van der Waals surface area contributed by atoms with Gasteiger partial charge in [-0.1, -0.05) is 36.4 Å². The SMILES string of the molecule is C[C@@H](Nc1c(C(N)=O)cnn2cc(-c3cccc(CNC(=O)c4ccccc4)c3)cc12)C(C)(C)F. The highest BCUT2D eigenvalue weighted by Gasteiger charge is 2.27. The second kappa shape index (κ2) is 9.58. The second-order valence-corrected chi connectivity index (χ2v) is 9.04. The quantitative estimate of drug-likeness (QED) is 0.349. The smallest absolute Gasteiger partial charge is 0.252 e. The van der Waals surface area contributed by atoms with Gasteiger partial charge < -0.3 is 16.4 Å². The van der Waals surface area contributed by atoms with E-state index < -0.39 is 17.6 Å². The van der Waals surface area contributed by atoms with Crippen LogP contribution in [0.3, 0.4) is 0 Å². The van der Waals surface area contributed by atoms with Crippen LogP contribution in [0.4, 0.5) is 10.1 Å². The van der Waals surface area contributed by atoms with Crippen molar-refractivity contribution in [3.05, 3.63) is 89.7 Å². The Hall–Kier alpha value is -4.20. The predicted molar refractivity (Wildman–Crippen MR) is 135 cm³/mol. The van der Waals surface area contributed by atoms with E-state index in [2.05, 4.69) is 15.7 Å². The highest BCUT2D eigenvalue weighted by molar-refractivity contribution is 6.02. The molecule has 0 spiro atoms. The molecule has 1 atom stereocenters. The fourth-order valence-electron chi connectivity index (χ4n) is 3.68. The van der Waals surface area contributed by atoms with Gasteiger partial charge >= 0.3 is 0 Å². The first-order valence-electron chi connectivity index (χ1n) is 11.3. The monoisotopic (exact) mass is 473 g/mol. The number of fused-ring (bicyclic) bond motifs is 1. The van der Waals surface area contributed by atoms with Crippen LogP contribution in [-0.2, 0) is 6.54 Å². The zero-order valence-electron chi connectivity index (χ0n) is 19.9. The third kappa shape index (κ3) is 5.32. The molecule has 7 nitrogen and oxygen atoms in total. The van der Waals surface area contributed by atoms with Crippen LogP contribution in [0.2, 0.25) is 0 Å². The lowest BCUT2D eigenvalue weighted by molar-refractivity contribution is 0.0949. The molecule has 8 heteroatoms. The standard InChI is InChI=1S/C27H28FN5O2/c1-17(27(2,3)28)32-24-22(25(29)34)15-31-33-16-21(13-23(24)33)20-11-7-8-18(12-20)14-30-26(35)19-9-5-4-6-10-19/h4-13,15-17,32H,14H2,1-3H3,(H2,29,34)(H,30,35)/t17-/m1/s1. The van der Waals surface area contributed by atoms with Gasteiger partial charge in [0, 0.05) is 23.9 Å². The Bertz CT molecular complexity index is 1380. The minimum atomic E-state index is -1.52. The third-order valence-electron chi connectivity index (χ3n) is 6.04. The summed E-state index contributed by atoms with van der Waals surface area (Å²) in [6.45, 7) is 5.02. The maximum absolute atomic E-state index is 14.5. The third-order valence-corrected chi connectivity index (χ3v) is 6.04. The molecule has 0 bridgehead atoms. The van der Waals surface area contributed by atoms with Crippen LogP contribution in [0.5, 0.6) is 0 Å². The average Bonchev–Trinajstić information content (AvgIpc) is 3.27. The van der Waals surface area contributed by atoms with Gasteiger partial charge in [-0.25, -0.2) is 8.91 Å². The Labute approximate surface area is 203 Å². The van der Waals surface area contributed by atoms with Gasteiger partial charge in [0.1, 0.15) is 5.67 Å². The number of alkyl halides is 1. The summed E-state index contributed by atoms with van der Waals surface area (Å²) in [5, 5.41) is 10.4. The predicted octanol–water partition coefficient (Wildman–Crippen LogP) is 4.58. The number of hydrogen-bond acceptors (Lipinski definition) is 4. The Balaban J connectivity index is 1.63. The molecule has 4 aromatic rings. The highest BCUT2D eigenvalue weighted by atomic mass is 19.1. The zero-order chi connectivity index (χ0) is 25.2. The maximum atomic E-state index is 14.5. The zero-order valence-corrected chi connectivity index (χ0v) is 19.9. The molecule has 4 rings (SSSR count). The van der Waals surface area contributed by atoms with Crippen molar-refractivity contribution >= 4 is 23.0 Å². The van der Waals surface area contributed by atoms with E-state index in [0.29, 0.717) is 23.3 Å². The number of primary amides is 1. The fraction of sp³-hybridized carbons (Fsp3) is 0.222. The molecule has 0 radical (unpaired) electrons. The molecule has 0 fully saturated rings. The van der Waals surface area contributed by atoms with E-state index in [4.69, 9.17) is 5.73 Å². The Morgan fingerprint density at radius 1 is 1.09 bits per heavy atom. The Kier molecular flexibility index (Phi) is 6.55. The van der Waals surface area contributed by atoms with Gasteiger partial charge in [0.25, 0.3) is 11.8 Å². The summed E-state index contributed by atoms with van der Waals surface area (Å²) in [5.74, 6) is -0.792. The number of aromatic nitrogens is 2. The number of amides is 2. The van der Waals surface area contributed by atoms with E-state index in [0.717, 1.165) is 16.7 Å². The fourth-order valence-corrected chi connectivity index (χ4v) is 3.68. The first kappa shape index (κ1) is 23.9. The van der Waals surface area contributed by atoms with E-state index >= 15 is 0 Å². The molecule has 0 unspecified atom stereocenters. The molecule has 2 aromatic carbocycles. The van der Waals surface area contributed by atoms with Crippen LogP contribution in [-0.4, -0.2) is 33.1 Å². The average molecular weight is 474 g/mol. The molecule has 0 aliphatic carbocycles. The number of rotatable bonds is 8. The molecule has 4 N–H and O–H groups in total. The largest absolute Gasteiger partial charge is 0.377 e. The minimum Gasteiger partial charge on any atom is -0.377 e. The van der Waals surface area contributed by atoms with E-state index in [1.165, 1.54) is 20.0 Å². The first-order chi connectivity index (χ1) is 16.6. The number of anilines is 1. The van der Waals surface area contributed by atoms with Crippen LogP contribution < -0.4 is 16.4 Å². The number of halogens is 1. The van der Waals surface area contributed by atoms with Crippen molar-refractivity contribution in [2.75, 3.05) is 5.32 Å². The van der Waals surface area contributed by atoms with Crippen molar-refractivity contribution in [3.63, 3.8) is 0 Å². The molecule has 0 aliphatic rings. The van der Waals surface area contributed by atoms with Crippen LogP contribution in [0.1, 0.15) is 47.1 Å². The number of nitrogens with two attached hydrogens (primary N) is 1. The van der Waals surface area contributed by atoms with Crippen molar-refractivity contribution in [3.8, 4) is 11.1 Å². The molecule has 2 amide bonds. The van der Waals surface area contributed by atoms with Crippen LogP contribution in [0, 0.1) is 0 Å². The van der Waals surface area contributed by atoms with Crippen molar-refractivity contribution in [1.29, 1.82) is 0 Å². The summed E-state index contributed by atoms with van der Waals surface area (Å²) in [6.07, 6.45) is 3.22. The maximum Gasteiger partial charge on any atom is 0.252 e. The Morgan fingerprint density at radius 2 is 1.83 bits per heavy atom. The van der Waals surface area contributed by atoms with Gasteiger partial charge in [-0.15, -0.1) is 0 Å². The van der Waals surface area contributed by atoms with E-state index in [-0.39, 0.29) is 11.5 Å². The van der Waals surface area contributed by atoms with Crippen molar-refractivity contribution in [2.24, 2.45) is 5.73 Å². The highest BCUT2D eigenvalue weighted by Crippen LogP contribution is 2.30. The van der Waals surface area contributed by atoms with E-state index in [1.54, 1.807) is 23.6 Å². The minimum absolute atomic E-state index is 0.144. The molecule has 0 aliphatic heterocycles. The van der Waals surface area contributed by atoms with Gasteiger partial charge in [0.05, 0.1) is 29.0 Å². The number of nitrogens with zero attached hydrogens (tertiary/aromatic N) is 2. The van der Waals surface area contributed by atoms with Crippen LogP contribution >= 0.6 is 0 Å². The molecule has 0 saturated heterocycles. The summed E-state index contributed by atoms with van der Waals surface area (Å²) in [6, 6.07) is 18.1.